The predicted molar refractivity (Wildman–Crippen MR) is 169 cm³/mol. The van der Waals surface area contributed by atoms with Gasteiger partial charge in [0.25, 0.3) is 0 Å². The van der Waals surface area contributed by atoms with Gasteiger partial charge in [-0.15, -0.1) is 34.8 Å². The van der Waals surface area contributed by atoms with Crippen LogP contribution >= 0.6 is 81.2 Å². The first-order valence-corrected chi connectivity index (χ1v) is 14.5. The van der Waals surface area contributed by atoms with Crippen LogP contribution in [0.1, 0.15) is 40.2 Å². The van der Waals surface area contributed by atoms with E-state index in [9.17, 15) is 0 Å². The Hall–Kier alpha value is 0.740. The Balaban J connectivity index is -0.0000000297. The Kier molecular flexibility index (Phi) is 152. The van der Waals surface area contributed by atoms with Crippen molar-refractivity contribution >= 4 is 92.4 Å². The highest BCUT2D eigenvalue weighted by Gasteiger charge is 1.75. The van der Waals surface area contributed by atoms with E-state index < -0.39 is 0 Å². The Bertz CT molecular complexity index is 364. The van der Waals surface area contributed by atoms with Crippen molar-refractivity contribution < 1.29 is 22.9 Å². The first-order valence-electron chi connectivity index (χ1n) is 9.11. The van der Waals surface area contributed by atoms with Crippen molar-refractivity contribution in [2.75, 3.05) is 35.4 Å². The molecule has 1 rings (SSSR count). The Morgan fingerprint density at radius 2 is 1.24 bits per heavy atom. The number of alkyl halides is 3. The molecule has 0 aromatic heterocycles. The molecule has 0 saturated carbocycles. The van der Waals surface area contributed by atoms with Crippen LogP contribution in [0.15, 0.2) is 36.9 Å². The second-order valence-corrected chi connectivity index (χ2v) is 9.27. The number of rotatable bonds is 3. The van der Waals surface area contributed by atoms with Gasteiger partial charge in [0.2, 0.25) is 0 Å². The fourth-order valence-electron chi connectivity index (χ4n) is 0.707. The molecule has 206 valence electrons. The molecule has 33 heavy (non-hydrogen) atoms. The highest BCUT2D eigenvalue weighted by molar-refractivity contribution is 8.76. The minimum Gasteiger partial charge on any atom is -1.00 e. The lowest BCUT2D eigenvalue weighted by molar-refractivity contribution is -0.176. The van der Waals surface area contributed by atoms with Crippen LogP contribution in [0.5, 0.6) is 0 Å². The third kappa shape index (κ3) is 191. The predicted octanol–water partition coefficient (Wildman–Crippen LogP) is 5.60. The second kappa shape index (κ2) is 84.6. The molecule has 0 aliphatic heterocycles. The first-order chi connectivity index (χ1) is 14.7. The Morgan fingerprint density at radius 1 is 1.00 bits per heavy atom. The van der Waals surface area contributed by atoms with Crippen LogP contribution in [-0.2, 0) is 0 Å². The molecule has 0 spiro atoms. The lowest BCUT2D eigenvalue weighted by Gasteiger charge is -1.85. The van der Waals surface area contributed by atoms with Gasteiger partial charge in [0.05, 0.1) is 0 Å². The van der Waals surface area contributed by atoms with Crippen LogP contribution in [-0.4, -0.2) is 51.0 Å². The maximum Gasteiger partial charge on any atom is 0.160 e. The maximum atomic E-state index is 6.00. The maximum absolute atomic E-state index is 6.00. The van der Waals surface area contributed by atoms with Crippen molar-refractivity contribution in [3.63, 3.8) is 0 Å². The van der Waals surface area contributed by atoms with Gasteiger partial charge in [0, 0.05) is 23.4 Å². The zero-order chi connectivity index (χ0) is 26.3. The lowest BCUT2D eigenvalue weighted by Crippen LogP contribution is -3.00. The molecular formula is C20H47Cl4N3O2S4. The summed E-state index contributed by atoms with van der Waals surface area (Å²) in [6.45, 7) is 13.4. The molecule has 0 radical (unpaired) electrons. The van der Waals surface area contributed by atoms with E-state index >= 15 is 0 Å². The summed E-state index contributed by atoms with van der Waals surface area (Å²) >= 11 is 22.9. The van der Waals surface area contributed by atoms with Crippen molar-refractivity contribution in [3.05, 3.63) is 42.5 Å². The van der Waals surface area contributed by atoms with E-state index in [0.717, 1.165) is 23.4 Å². The topological polar surface area (TPSA) is 129 Å². The standard InChI is InChI=1S/C8H8.C3H8S2.3C2H5Cl.C2H6S.CH4N2S.ClH.H3N.H2O2/c1-2-8-6-4-3-5-7-8;1-3-5-4-2;4*1-2-3;2-1(3)4;;;1-2/h2-7H,1H2;3H2,1-2H3;3*2H2,1H3;3H,2H2,1H3;(H4,2,3,4);1H;1H3;1-2H. The fraction of sp³-hybridized carbons (Fsp3) is 0.550. The third-order valence-electron chi connectivity index (χ3n) is 1.27. The average Bonchev–Trinajstić information content (AvgIpc) is 2.73. The SMILES string of the molecule is C=Cc1ccccc1.CCCl.CCCl.CCCl.CCS.CCSSC.NC(N)=S.OO.[Cl-].[NH4+]. The first kappa shape index (κ1) is 59.1. The van der Waals surface area contributed by atoms with Gasteiger partial charge in [-0.3, -0.25) is 10.5 Å². The number of thiocarbonyl (C=S) groups is 1. The van der Waals surface area contributed by atoms with Gasteiger partial charge in [-0.25, -0.2) is 0 Å². The minimum atomic E-state index is 0. The van der Waals surface area contributed by atoms with Gasteiger partial charge in [-0.1, -0.05) is 99.2 Å². The number of hydrogen-bond acceptors (Lipinski definition) is 6. The quantitative estimate of drug-likeness (QED) is 0.0640. The van der Waals surface area contributed by atoms with E-state index in [1.165, 1.54) is 11.3 Å². The number of quaternary nitrogens is 1. The van der Waals surface area contributed by atoms with E-state index in [1.807, 2.05) is 85.7 Å². The zero-order valence-corrected chi connectivity index (χ0v) is 27.3. The van der Waals surface area contributed by atoms with Gasteiger partial charge in [0.1, 0.15) is 0 Å². The van der Waals surface area contributed by atoms with E-state index in [2.05, 4.69) is 56.1 Å². The fourth-order valence-corrected chi connectivity index (χ4v) is 1.65. The van der Waals surface area contributed by atoms with Crippen LogP contribution in [0, 0.1) is 0 Å². The van der Waals surface area contributed by atoms with E-state index in [-0.39, 0.29) is 23.7 Å². The Morgan fingerprint density at radius 3 is 1.33 bits per heavy atom. The molecule has 5 nitrogen and oxygen atoms in total. The second-order valence-electron chi connectivity index (χ2n) is 3.71. The summed E-state index contributed by atoms with van der Waals surface area (Å²) in [6, 6.07) is 10.0. The molecule has 0 unspecified atom stereocenters. The molecule has 0 heterocycles. The number of halogens is 4. The minimum absolute atomic E-state index is 0. The number of hydrogen-bond donors (Lipinski definition) is 6. The molecular weight excluding hydrogens is 584 g/mol. The van der Waals surface area contributed by atoms with Gasteiger partial charge in [-0.05, 0) is 29.8 Å². The average molecular weight is 632 g/mol. The van der Waals surface area contributed by atoms with Crippen LogP contribution < -0.4 is 30.0 Å². The molecule has 0 atom stereocenters. The molecule has 0 bridgehead atoms. The van der Waals surface area contributed by atoms with Crippen molar-refractivity contribution in [1.82, 2.24) is 6.15 Å². The number of nitrogens with two attached hydrogens (primary N) is 2. The summed E-state index contributed by atoms with van der Waals surface area (Å²) in [7, 11) is 3.70. The zero-order valence-electron chi connectivity index (χ0n) is 20.9. The molecule has 0 aliphatic rings. The molecule has 0 amide bonds. The van der Waals surface area contributed by atoms with Gasteiger partial charge in [0.15, 0.2) is 5.11 Å². The van der Waals surface area contributed by atoms with Crippen molar-refractivity contribution in [3.8, 4) is 0 Å². The summed E-state index contributed by atoms with van der Waals surface area (Å²) in [4.78, 5) is 0. The van der Waals surface area contributed by atoms with Crippen LogP contribution in [0.2, 0.25) is 0 Å². The summed E-state index contributed by atoms with van der Waals surface area (Å²) in [5, 5.41) is 12.0. The molecule has 1 aromatic rings. The van der Waals surface area contributed by atoms with E-state index in [0.29, 0.717) is 0 Å². The molecule has 0 aliphatic carbocycles. The van der Waals surface area contributed by atoms with E-state index in [1.54, 1.807) is 0 Å². The van der Waals surface area contributed by atoms with Gasteiger partial charge < -0.3 is 30.0 Å². The highest BCUT2D eigenvalue weighted by atomic mass is 35.5. The molecule has 1 aromatic carbocycles. The summed E-state index contributed by atoms with van der Waals surface area (Å²) in [5.41, 5.74) is 10.4. The van der Waals surface area contributed by atoms with Crippen molar-refractivity contribution in [2.45, 2.75) is 34.6 Å². The van der Waals surface area contributed by atoms with E-state index in [4.69, 9.17) is 45.3 Å². The molecule has 13 heteroatoms. The summed E-state index contributed by atoms with van der Waals surface area (Å²) in [6.07, 6.45) is 3.92. The normalized spacial score (nSPS) is 6.42. The smallest absolute Gasteiger partial charge is 0.160 e. The third-order valence-corrected chi connectivity index (χ3v) is 3.16. The monoisotopic (exact) mass is 629 g/mol. The molecule has 0 saturated heterocycles. The summed E-state index contributed by atoms with van der Waals surface area (Å²) in [5.74, 6) is 4.33. The van der Waals surface area contributed by atoms with Gasteiger partial charge >= 0.3 is 0 Å². The molecule has 0 fully saturated rings. The lowest BCUT2D eigenvalue weighted by atomic mass is 10.2. The van der Waals surface area contributed by atoms with Gasteiger partial charge in [-0.2, -0.15) is 12.6 Å². The highest BCUT2D eigenvalue weighted by Crippen LogP contribution is 2.14. The molecule has 10 N–H and O–H groups in total. The number of thiol groups is 1. The number of benzene rings is 1. The van der Waals surface area contributed by atoms with Crippen molar-refractivity contribution in [2.24, 2.45) is 11.5 Å². The summed E-state index contributed by atoms with van der Waals surface area (Å²) < 4.78 is 0. The van der Waals surface area contributed by atoms with Crippen LogP contribution in [0.4, 0.5) is 0 Å². The van der Waals surface area contributed by atoms with Crippen LogP contribution in [0.25, 0.3) is 6.08 Å². The van der Waals surface area contributed by atoms with Crippen LogP contribution in [0.3, 0.4) is 0 Å². The largest absolute Gasteiger partial charge is 1.00 e. The Labute approximate surface area is 243 Å². The van der Waals surface area contributed by atoms with Crippen molar-refractivity contribution in [1.29, 1.82) is 0 Å².